The molecule has 0 fully saturated rings. The molecule has 2 N–H and O–H groups in total. The number of benzene rings is 1. The third-order valence-electron chi connectivity index (χ3n) is 6.03. The molecule has 1 atom stereocenters. The van der Waals surface area contributed by atoms with E-state index in [4.69, 9.17) is 13.9 Å². The highest BCUT2D eigenvalue weighted by atomic mass is 32.2. The fourth-order valence-corrected chi connectivity index (χ4v) is 5.05. The van der Waals surface area contributed by atoms with Crippen molar-refractivity contribution in [3.8, 4) is 28.8 Å². The molecule has 4 heterocycles. The number of anilines is 1. The first-order valence-corrected chi connectivity index (χ1v) is 13.0. The fraction of sp³-hybridized carbons (Fsp3) is 0.250. The van der Waals surface area contributed by atoms with Crippen molar-refractivity contribution in [1.29, 1.82) is 0 Å². The number of alkyl halides is 1. The van der Waals surface area contributed by atoms with E-state index in [0.717, 1.165) is 0 Å². The van der Waals surface area contributed by atoms with Gasteiger partial charge in [0.2, 0.25) is 21.8 Å². The largest absolute Gasteiger partial charge is 0.494 e. The summed E-state index contributed by atoms with van der Waals surface area (Å²) in [7, 11) is -1.07. The molecular weight excluding hydrogens is 517 g/mol. The van der Waals surface area contributed by atoms with E-state index < -0.39 is 21.9 Å². The first-order valence-electron chi connectivity index (χ1n) is 11.5. The van der Waals surface area contributed by atoms with Gasteiger partial charge in [-0.3, -0.25) is 14.3 Å². The van der Waals surface area contributed by atoms with Crippen LogP contribution < -0.4 is 14.2 Å². The molecule has 0 radical (unpaired) electrons. The van der Waals surface area contributed by atoms with Crippen molar-refractivity contribution < 1.29 is 26.7 Å². The zero-order valence-corrected chi connectivity index (χ0v) is 21.5. The van der Waals surface area contributed by atoms with Gasteiger partial charge in [-0.05, 0) is 31.2 Å². The Morgan fingerprint density at radius 2 is 1.89 bits per heavy atom. The SMILES string of the molecule is COc1cccc(OC)c1-n1c(NS(=O)(=O)[C@H](C)Cc2ncc(CF)c3nc[nH]c23)nnc1-c1ccco1. The number of para-hydroxylation sites is 1. The van der Waals surface area contributed by atoms with E-state index in [9.17, 15) is 12.8 Å². The number of imidazole rings is 1. The number of fused-ring (bicyclic) bond motifs is 1. The molecule has 1 aromatic carbocycles. The minimum absolute atomic E-state index is 0.0255. The van der Waals surface area contributed by atoms with Gasteiger partial charge in [-0.25, -0.2) is 17.8 Å². The third-order valence-corrected chi connectivity index (χ3v) is 7.72. The molecule has 5 aromatic rings. The average Bonchev–Trinajstić information content (AvgIpc) is 3.69. The number of rotatable bonds is 10. The van der Waals surface area contributed by atoms with Crippen LogP contribution in [0.3, 0.4) is 0 Å². The van der Waals surface area contributed by atoms with Gasteiger partial charge >= 0.3 is 0 Å². The highest BCUT2D eigenvalue weighted by molar-refractivity contribution is 7.93. The average molecular weight is 542 g/mol. The summed E-state index contributed by atoms with van der Waals surface area (Å²) < 4.78 is 60.9. The molecule has 12 nitrogen and oxygen atoms in total. The monoisotopic (exact) mass is 541 g/mol. The lowest BCUT2D eigenvalue weighted by atomic mass is 10.1. The van der Waals surface area contributed by atoms with E-state index in [1.54, 1.807) is 30.3 Å². The molecular formula is C24H24FN7O5S. The number of sulfonamides is 1. The number of ether oxygens (including phenoxy) is 2. The fourth-order valence-electron chi connectivity index (χ4n) is 4.08. The number of hydrogen-bond acceptors (Lipinski definition) is 9. The Balaban J connectivity index is 1.54. The number of aromatic amines is 1. The normalized spacial score (nSPS) is 12.5. The topological polar surface area (TPSA) is 150 Å². The van der Waals surface area contributed by atoms with E-state index in [0.29, 0.717) is 45.2 Å². The maximum Gasteiger partial charge on any atom is 0.243 e. The van der Waals surface area contributed by atoms with Crippen molar-refractivity contribution in [1.82, 2.24) is 29.7 Å². The Hall–Kier alpha value is -4.46. The highest BCUT2D eigenvalue weighted by Gasteiger charge is 2.29. The molecule has 0 bridgehead atoms. The number of halogens is 1. The predicted octanol–water partition coefficient (Wildman–Crippen LogP) is 3.66. The standard InChI is InChI=1S/C24H24FN7O5S/c1-14(10-16-21-20(27-13-28-21)15(11-25)12-26-16)38(33,34)31-24-30-29-23(19-8-5-9-37-19)32(24)22-17(35-2)6-4-7-18(22)36-3/h4-9,12-14H,10-11H2,1-3H3,(H,27,28)(H,30,31)/t14-/m1/s1. The number of methoxy groups -OCH3 is 2. The number of hydrogen-bond donors (Lipinski definition) is 2. The number of furan rings is 1. The van der Waals surface area contributed by atoms with Crippen LogP contribution in [-0.4, -0.2) is 57.6 Å². The molecule has 0 saturated carbocycles. The van der Waals surface area contributed by atoms with E-state index in [-0.39, 0.29) is 18.2 Å². The molecule has 0 unspecified atom stereocenters. The molecule has 0 amide bonds. The molecule has 198 valence electrons. The van der Waals surface area contributed by atoms with E-state index >= 15 is 0 Å². The van der Waals surface area contributed by atoms with E-state index in [2.05, 4.69) is 29.9 Å². The highest BCUT2D eigenvalue weighted by Crippen LogP contribution is 2.38. The lowest BCUT2D eigenvalue weighted by molar-refractivity contribution is 0.391. The van der Waals surface area contributed by atoms with Crippen LogP contribution >= 0.6 is 0 Å². The molecule has 5 rings (SSSR count). The summed E-state index contributed by atoms with van der Waals surface area (Å²) in [6.45, 7) is 0.803. The third kappa shape index (κ3) is 4.42. The maximum atomic E-state index is 13.5. The van der Waals surface area contributed by atoms with Crippen molar-refractivity contribution in [2.75, 3.05) is 18.9 Å². The summed E-state index contributed by atoms with van der Waals surface area (Å²) >= 11 is 0. The minimum Gasteiger partial charge on any atom is -0.494 e. The van der Waals surface area contributed by atoms with Crippen LogP contribution in [-0.2, 0) is 23.1 Å². The number of pyridine rings is 1. The van der Waals surface area contributed by atoms with Gasteiger partial charge in [0.25, 0.3) is 0 Å². The Labute approximate surface area is 216 Å². The van der Waals surface area contributed by atoms with E-state index in [1.807, 2.05) is 0 Å². The molecule has 0 aliphatic rings. The summed E-state index contributed by atoms with van der Waals surface area (Å²) in [6.07, 6.45) is 4.28. The Morgan fingerprint density at radius 1 is 1.13 bits per heavy atom. The van der Waals surface area contributed by atoms with Crippen LogP contribution in [0, 0.1) is 0 Å². The molecule has 0 saturated heterocycles. The number of H-pyrrole nitrogens is 1. The van der Waals surface area contributed by atoms with Gasteiger partial charge in [0.05, 0.1) is 48.8 Å². The Kier molecular flexibility index (Phi) is 6.72. The van der Waals surface area contributed by atoms with Crippen molar-refractivity contribution in [2.24, 2.45) is 0 Å². The maximum absolute atomic E-state index is 13.5. The van der Waals surface area contributed by atoms with Gasteiger partial charge in [-0.15, -0.1) is 10.2 Å². The smallest absolute Gasteiger partial charge is 0.243 e. The van der Waals surface area contributed by atoms with Crippen molar-refractivity contribution in [3.05, 3.63) is 60.4 Å². The summed E-state index contributed by atoms with van der Waals surface area (Å²) in [4.78, 5) is 11.3. The van der Waals surface area contributed by atoms with Crippen LogP contribution in [0.4, 0.5) is 10.3 Å². The Morgan fingerprint density at radius 3 is 2.55 bits per heavy atom. The van der Waals surface area contributed by atoms with Crippen LogP contribution in [0.1, 0.15) is 18.2 Å². The molecule has 4 aromatic heterocycles. The molecule has 38 heavy (non-hydrogen) atoms. The van der Waals surface area contributed by atoms with Crippen LogP contribution in [0.15, 0.2) is 53.5 Å². The molecule has 0 aliphatic carbocycles. The zero-order valence-electron chi connectivity index (χ0n) is 20.7. The van der Waals surface area contributed by atoms with Crippen LogP contribution in [0.25, 0.3) is 28.3 Å². The first kappa shape index (κ1) is 25.2. The molecule has 0 spiro atoms. The van der Waals surface area contributed by atoms with Crippen LogP contribution in [0.2, 0.25) is 0 Å². The van der Waals surface area contributed by atoms with Gasteiger partial charge in [0, 0.05) is 18.2 Å². The molecule has 14 heteroatoms. The van der Waals surface area contributed by atoms with Gasteiger partial charge in [0.1, 0.15) is 23.9 Å². The van der Waals surface area contributed by atoms with Gasteiger partial charge in [-0.1, -0.05) is 6.07 Å². The van der Waals surface area contributed by atoms with Crippen molar-refractivity contribution in [3.63, 3.8) is 0 Å². The number of aromatic nitrogens is 6. The van der Waals surface area contributed by atoms with Crippen molar-refractivity contribution in [2.45, 2.75) is 25.3 Å². The van der Waals surface area contributed by atoms with E-state index in [1.165, 1.54) is 44.5 Å². The predicted molar refractivity (Wildman–Crippen MR) is 137 cm³/mol. The van der Waals surface area contributed by atoms with Gasteiger partial charge in [-0.2, -0.15) is 0 Å². The minimum atomic E-state index is -4.04. The second kappa shape index (κ2) is 10.1. The van der Waals surface area contributed by atoms with Crippen LogP contribution in [0.5, 0.6) is 11.5 Å². The van der Waals surface area contributed by atoms with Gasteiger partial charge in [0.15, 0.2) is 5.76 Å². The Bertz CT molecular complexity index is 1660. The first-order chi connectivity index (χ1) is 18.4. The second-order valence-electron chi connectivity index (χ2n) is 8.32. The van der Waals surface area contributed by atoms with Gasteiger partial charge < -0.3 is 18.9 Å². The lowest BCUT2D eigenvalue weighted by Gasteiger charge is -2.18. The lowest BCUT2D eigenvalue weighted by Crippen LogP contribution is -2.29. The summed E-state index contributed by atoms with van der Waals surface area (Å²) in [5, 5.41) is 7.34. The summed E-state index contributed by atoms with van der Waals surface area (Å²) in [5.74, 6) is 1.26. The quantitative estimate of drug-likeness (QED) is 0.270. The number of nitrogens with zero attached hydrogens (tertiary/aromatic N) is 5. The summed E-state index contributed by atoms with van der Waals surface area (Å²) in [6, 6.07) is 8.49. The zero-order chi connectivity index (χ0) is 26.9. The second-order valence-corrected chi connectivity index (χ2v) is 10.4. The van der Waals surface area contributed by atoms with Crippen molar-refractivity contribution >= 4 is 27.0 Å². The summed E-state index contributed by atoms with van der Waals surface area (Å²) in [5.41, 5.74) is 2.05. The molecule has 0 aliphatic heterocycles. The number of nitrogens with one attached hydrogen (secondary N) is 2.